The van der Waals surface area contributed by atoms with Crippen molar-refractivity contribution < 1.29 is 13.5 Å². The number of hydrogen-bond donors (Lipinski definition) is 0. The maximum atomic E-state index is 14.0. The highest BCUT2D eigenvalue weighted by Crippen LogP contribution is 2.37. The van der Waals surface area contributed by atoms with Gasteiger partial charge in [0.15, 0.2) is 11.5 Å². The molecule has 7 nitrogen and oxygen atoms in total. The summed E-state index contributed by atoms with van der Waals surface area (Å²) < 4.78 is 35.4. The molecule has 0 aromatic carbocycles. The van der Waals surface area contributed by atoms with Gasteiger partial charge in [-0.15, -0.1) is 0 Å². The maximum absolute atomic E-state index is 14.0. The molecule has 11 heteroatoms. The minimum absolute atomic E-state index is 0.0724. The summed E-state index contributed by atoms with van der Waals surface area (Å²) in [4.78, 5) is 19.7. The van der Waals surface area contributed by atoms with Gasteiger partial charge in [0.05, 0.1) is 47.5 Å². The number of rotatable bonds is 5. The van der Waals surface area contributed by atoms with Gasteiger partial charge in [-0.3, -0.25) is 8.10 Å². The molecular weight excluding hydrogens is 524 g/mol. The average Bonchev–Trinajstić information content (AvgIpc) is 2.72. The number of fused-ring (bicyclic) bond motifs is 1. The number of anilines is 2. The third-order valence-electron chi connectivity index (χ3n) is 4.71. The molecule has 3 aromatic heterocycles. The molecule has 1 aliphatic rings. The zero-order valence-corrected chi connectivity index (χ0v) is 19.5. The molecule has 3 aromatic rings. The molecular formula is C19H20F2IN6OP. The quantitative estimate of drug-likeness (QED) is 0.274. The minimum Gasteiger partial charge on any atom is -0.375 e. The van der Waals surface area contributed by atoms with Crippen LogP contribution in [0.5, 0.6) is 0 Å². The zero-order chi connectivity index (χ0) is 21.3. The molecule has 1 aliphatic heterocycles. The topological polar surface area (TPSA) is 67.3 Å². The number of ether oxygens (including phenoxy) is 1. The van der Waals surface area contributed by atoms with E-state index in [4.69, 9.17) is 9.72 Å². The molecule has 0 bridgehead atoms. The van der Waals surface area contributed by atoms with Gasteiger partial charge >= 0.3 is 5.66 Å². The van der Waals surface area contributed by atoms with Crippen molar-refractivity contribution in [2.24, 2.45) is 0 Å². The molecule has 0 aliphatic carbocycles. The van der Waals surface area contributed by atoms with Crippen molar-refractivity contribution in [2.75, 3.05) is 27.7 Å². The Hall–Kier alpha value is -1.78. The number of halogens is 3. The van der Waals surface area contributed by atoms with Gasteiger partial charge in [0.2, 0.25) is 5.95 Å². The predicted molar refractivity (Wildman–Crippen MR) is 123 cm³/mol. The van der Waals surface area contributed by atoms with Crippen LogP contribution in [-0.2, 0) is 16.9 Å². The Labute approximate surface area is 189 Å². The van der Waals surface area contributed by atoms with Gasteiger partial charge in [0.1, 0.15) is 5.69 Å². The molecule has 0 radical (unpaired) electrons. The van der Waals surface area contributed by atoms with Crippen molar-refractivity contribution >= 4 is 54.9 Å². The Bertz CT molecular complexity index is 1050. The number of aromatic nitrogens is 4. The van der Waals surface area contributed by atoms with E-state index in [0.29, 0.717) is 42.7 Å². The fraction of sp³-hybridized carbons (Fsp3) is 0.368. The third-order valence-corrected chi connectivity index (χ3v) is 5.78. The highest BCUT2D eigenvalue weighted by molar-refractivity contribution is 14.1. The van der Waals surface area contributed by atoms with Gasteiger partial charge in [0.25, 0.3) is 0 Å². The first-order valence-corrected chi connectivity index (χ1v) is 10.9. The summed E-state index contributed by atoms with van der Waals surface area (Å²) in [6, 6.07) is 6.99. The van der Waals surface area contributed by atoms with Crippen LogP contribution < -0.4 is 8.01 Å². The average molecular weight is 544 g/mol. The van der Waals surface area contributed by atoms with Gasteiger partial charge < -0.3 is 9.64 Å². The van der Waals surface area contributed by atoms with Gasteiger partial charge in [-0.05, 0) is 25.1 Å². The molecule has 0 N–H and O–H groups in total. The predicted octanol–water partition coefficient (Wildman–Crippen LogP) is 3.93. The summed E-state index contributed by atoms with van der Waals surface area (Å²) in [5, 5.41) is 0.750. The molecule has 0 amide bonds. The van der Waals surface area contributed by atoms with Crippen molar-refractivity contribution in [1.29, 1.82) is 0 Å². The molecule has 30 heavy (non-hydrogen) atoms. The fourth-order valence-corrected chi connectivity index (χ4v) is 4.35. The number of alkyl halides is 2. The summed E-state index contributed by atoms with van der Waals surface area (Å²) in [5.74, 6) is 1.17. The van der Waals surface area contributed by atoms with E-state index in [0.717, 1.165) is 5.39 Å². The van der Waals surface area contributed by atoms with E-state index < -0.39 is 5.66 Å². The normalized spacial score (nSPS) is 17.4. The summed E-state index contributed by atoms with van der Waals surface area (Å²) >= 11 is 2.09. The molecule has 0 saturated carbocycles. The molecule has 2 atom stereocenters. The van der Waals surface area contributed by atoms with Crippen LogP contribution in [0.15, 0.2) is 36.7 Å². The number of morpholine rings is 1. The highest BCUT2D eigenvalue weighted by Gasteiger charge is 2.30. The lowest BCUT2D eigenvalue weighted by Crippen LogP contribution is -2.42. The number of nitrogens with zero attached hydrogens (tertiary/aromatic N) is 6. The Balaban J connectivity index is 1.73. The lowest BCUT2D eigenvalue weighted by molar-refractivity contribution is 0.0526. The molecule has 158 valence electrons. The van der Waals surface area contributed by atoms with E-state index in [1.54, 1.807) is 30.7 Å². The number of hydrogen-bond acceptors (Lipinski definition) is 7. The lowest BCUT2D eigenvalue weighted by atomic mass is 10.2. The van der Waals surface area contributed by atoms with E-state index in [9.17, 15) is 8.78 Å². The Kier molecular flexibility index (Phi) is 6.26. The summed E-state index contributed by atoms with van der Waals surface area (Å²) in [7, 11) is 1.55. The number of pyridine rings is 2. The summed E-state index contributed by atoms with van der Waals surface area (Å²) in [6.45, 7) is 4.15. The second kappa shape index (κ2) is 8.76. The van der Waals surface area contributed by atoms with Crippen molar-refractivity contribution in [2.45, 2.75) is 25.2 Å². The van der Waals surface area contributed by atoms with E-state index in [1.807, 2.05) is 19.1 Å². The first kappa shape index (κ1) is 21.5. The van der Waals surface area contributed by atoms with E-state index in [1.165, 1.54) is 6.20 Å². The monoisotopic (exact) mass is 544 g/mol. The maximum Gasteiger partial charge on any atom is 0.300 e. The molecule has 2 unspecified atom stereocenters. The molecule has 4 heterocycles. The lowest BCUT2D eigenvalue weighted by Gasteiger charge is -2.31. The van der Waals surface area contributed by atoms with Crippen LogP contribution in [0.3, 0.4) is 0 Å². The fourth-order valence-electron chi connectivity index (χ4n) is 3.35. The largest absolute Gasteiger partial charge is 0.375 e. The highest BCUT2D eigenvalue weighted by atomic mass is 127. The van der Waals surface area contributed by atoms with Crippen LogP contribution in [0.2, 0.25) is 0 Å². The molecule has 1 fully saturated rings. The second-order valence-electron chi connectivity index (χ2n) is 7.00. The Morgan fingerprint density at radius 2 is 2.03 bits per heavy atom. The second-order valence-corrected chi connectivity index (χ2v) is 8.89. The summed E-state index contributed by atoms with van der Waals surface area (Å²) in [5.41, 5.74) is -2.40. The zero-order valence-electron chi connectivity index (χ0n) is 16.2. The van der Waals surface area contributed by atoms with Gasteiger partial charge in [-0.25, -0.2) is 4.98 Å². The van der Waals surface area contributed by atoms with Crippen LogP contribution in [0.1, 0.15) is 18.2 Å². The van der Waals surface area contributed by atoms with Crippen LogP contribution in [0.4, 0.5) is 20.5 Å². The molecule has 0 spiro atoms. The first-order valence-electron chi connectivity index (χ1n) is 9.36. The van der Waals surface area contributed by atoms with Gasteiger partial charge in [-0.1, -0.05) is 15.3 Å². The van der Waals surface area contributed by atoms with Crippen LogP contribution in [0, 0.1) is 0 Å². The first-order chi connectivity index (χ1) is 14.3. The Morgan fingerprint density at radius 1 is 1.27 bits per heavy atom. The Morgan fingerprint density at radius 3 is 2.80 bits per heavy atom. The van der Waals surface area contributed by atoms with Gasteiger partial charge in [-0.2, -0.15) is 18.7 Å². The smallest absolute Gasteiger partial charge is 0.300 e. The SMILES string of the molecule is CC1CN(c2nc(N(I)Cc3cccnc3C(F)(F)P)c3cccnc3n2)CCO1. The van der Waals surface area contributed by atoms with E-state index in [2.05, 4.69) is 42.7 Å². The minimum atomic E-state index is -3.11. The van der Waals surface area contributed by atoms with E-state index >= 15 is 0 Å². The van der Waals surface area contributed by atoms with Crippen LogP contribution in [0.25, 0.3) is 11.0 Å². The standard InChI is InChI=1S/C19H20F2IN6OP/c1-12-10-27(8-9-29-12)18-25-16-14(5-3-7-24-16)17(26-18)28(22)11-13-4-2-6-23-15(13)19(20,21)30/h2-7,12H,8-11,30H2,1H3. The molecule has 4 rings (SSSR count). The van der Waals surface area contributed by atoms with Crippen molar-refractivity contribution in [3.8, 4) is 0 Å². The third kappa shape index (κ3) is 4.60. The van der Waals surface area contributed by atoms with Gasteiger partial charge in [0, 0.05) is 31.0 Å². The van der Waals surface area contributed by atoms with Crippen LogP contribution in [-0.4, -0.2) is 45.7 Å². The summed E-state index contributed by atoms with van der Waals surface area (Å²) in [6.07, 6.45) is 3.12. The van der Waals surface area contributed by atoms with Crippen molar-refractivity contribution in [1.82, 2.24) is 19.9 Å². The van der Waals surface area contributed by atoms with E-state index in [-0.39, 0.29) is 18.3 Å². The van der Waals surface area contributed by atoms with Crippen molar-refractivity contribution in [3.05, 3.63) is 47.9 Å². The van der Waals surface area contributed by atoms with Crippen LogP contribution >= 0.6 is 32.1 Å². The molecule has 1 saturated heterocycles. The van der Waals surface area contributed by atoms with Crippen molar-refractivity contribution in [3.63, 3.8) is 0 Å².